The number of aryl methyl sites for hydroxylation is 1. The van der Waals surface area contributed by atoms with Gasteiger partial charge in [0.15, 0.2) is 0 Å². The van der Waals surface area contributed by atoms with Gasteiger partial charge in [-0.25, -0.2) is 4.98 Å². The first-order valence-corrected chi connectivity index (χ1v) is 12.4. The minimum absolute atomic E-state index is 0.104. The lowest BCUT2D eigenvalue weighted by atomic mass is 9.82. The highest BCUT2D eigenvalue weighted by Crippen LogP contribution is 2.35. The van der Waals surface area contributed by atoms with Gasteiger partial charge in [0.05, 0.1) is 10.8 Å². The zero-order valence-electron chi connectivity index (χ0n) is 19.0. The third-order valence-electron chi connectivity index (χ3n) is 6.42. The van der Waals surface area contributed by atoms with Crippen molar-refractivity contribution in [1.82, 2.24) is 4.98 Å². The fraction of sp³-hybridized carbons (Fsp3) is 0.207. The Balaban J connectivity index is 1.30. The van der Waals surface area contributed by atoms with Crippen molar-refractivity contribution in [2.24, 2.45) is 0 Å². The molecule has 0 aliphatic heterocycles. The SMILES string of the molecule is CC(Sc1nc2c(cc1C#N)CC(c1ccccc1)CC2)C(=O)Nc1ccc2ccccc2c1. The Morgan fingerprint density at radius 2 is 1.82 bits per heavy atom. The minimum atomic E-state index is -0.384. The molecule has 168 valence electrons. The van der Waals surface area contributed by atoms with Crippen LogP contribution in [0, 0.1) is 11.3 Å². The molecule has 1 amide bonds. The van der Waals surface area contributed by atoms with E-state index in [0.717, 1.165) is 47.0 Å². The van der Waals surface area contributed by atoms with Crippen LogP contribution in [0.25, 0.3) is 10.8 Å². The summed E-state index contributed by atoms with van der Waals surface area (Å²) in [7, 11) is 0. The van der Waals surface area contributed by atoms with E-state index in [9.17, 15) is 10.1 Å². The van der Waals surface area contributed by atoms with Crippen molar-refractivity contribution in [2.45, 2.75) is 42.4 Å². The van der Waals surface area contributed by atoms with Crippen LogP contribution < -0.4 is 5.32 Å². The number of nitriles is 1. The zero-order chi connectivity index (χ0) is 23.5. The van der Waals surface area contributed by atoms with Gasteiger partial charge in [0.2, 0.25) is 5.91 Å². The van der Waals surface area contributed by atoms with Gasteiger partial charge in [-0.15, -0.1) is 0 Å². The third-order valence-corrected chi connectivity index (χ3v) is 7.52. The predicted octanol–water partition coefficient (Wildman–Crippen LogP) is 6.50. The number of pyridine rings is 1. The number of carbonyl (C=O) groups is 1. The Morgan fingerprint density at radius 1 is 1.06 bits per heavy atom. The van der Waals surface area contributed by atoms with Crippen LogP contribution in [0.3, 0.4) is 0 Å². The number of nitrogens with one attached hydrogen (secondary N) is 1. The lowest BCUT2D eigenvalue weighted by Gasteiger charge is -2.25. The van der Waals surface area contributed by atoms with E-state index in [2.05, 4.69) is 35.7 Å². The van der Waals surface area contributed by atoms with E-state index < -0.39 is 0 Å². The quantitative estimate of drug-likeness (QED) is 0.343. The van der Waals surface area contributed by atoms with Gasteiger partial charge in [-0.1, -0.05) is 72.4 Å². The number of anilines is 1. The van der Waals surface area contributed by atoms with Crippen molar-refractivity contribution in [2.75, 3.05) is 5.32 Å². The molecule has 0 spiro atoms. The van der Waals surface area contributed by atoms with Crippen molar-refractivity contribution in [3.05, 3.63) is 101 Å². The summed E-state index contributed by atoms with van der Waals surface area (Å²) in [5.41, 5.74) is 4.85. The number of amides is 1. The number of nitrogens with zero attached hydrogens (tertiary/aromatic N) is 2. The number of hydrogen-bond donors (Lipinski definition) is 1. The van der Waals surface area contributed by atoms with E-state index in [1.54, 1.807) is 0 Å². The van der Waals surface area contributed by atoms with E-state index in [0.29, 0.717) is 16.5 Å². The summed E-state index contributed by atoms with van der Waals surface area (Å²) in [5.74, 6) is 0.347. The largest absolute Gasteiger partial charge is 0.325 e. The normalized spacial score (nSPS) is 15.8. The maximum Gasteiger partial charge on any atom is 0.237 e. The van der Waals surface area contributed by atoms with Crippen LogP contribution in [-0.4, -0.2) is 16.1 Å². The average molecular weight is 464 g/mol. The topological polar surface area (TPSA) is 65.8 Å². The summed E-state index contributed by atoms with van der Waals surface area (Å²) in [6.45, 7) is 1.86. The maximum absolute atomic E-state index is 12.9. The van der Waals surface area contributed by atoms with Gasteiger partial charge in [-0.05, 0) is 72.2 Å². The first-order valence-electron chi connectivity index (χ1n) is 11.5. The molecule has 2 atom stereocenters. The van der Waals surface area contributed by atoms with E-state index in [-0.39, 0.29) is 11.2 Å². The molecule has 4 aromatic rings. The first kappa shape index (κ1) is 22.2. The fourth-order valence-corrected chi connectivity index (χ4v) is 5.45. The minimum Gasteiger partial charge on any atom is -0.325 e. The van der Waals surface area contributed by atoms with Gasteiger partial charge in [0.1, 0.15) is 11.1 Å². The molecule has 34 heavy (non-hydrogen) atoms. The number of hydrogen-bond acceptors (Lipinski definition) is 4. The Kier molecular flexibility index (Phi) is 6.33. The molecular formula is C29H25N3OS. The molecule has 5 rings (SSSR count). The van der Waals surface area contributed by atoms with E-state index in [1.165, 1.54) is 17.3 Å². The highest BCUT2D eigenvalue weighted by atomic mass is 32.2. The average Bonchev–Trinajstić information content (AvgIpc) is 2.88. The molecule has 0 saturated heterocycles. The van der Waals surface area contributed by atoms with Gasteiger partial charge >= 0.3 is 0 Å². The van der Waals surface area contributed by atoms with Crippen molar-refractivity contribution in [3.63, 3.8) is 0 Å². The predicted molar refractivity (Wildman–Crippen MR) is 138 cm³/mol. The number of aromatic nitrogens is 1. The zero-order valence-corrected chi connectivity index (χ0v) is 19.8. The lowest BCUT2D eigenvalue weighted by molar-refractivity contribution is -0.115. The molecule has 1 aliphatic rings. The number of rotatable bonds is 5. The molecule has 1 N–H and O–H groups in total. The lowest BCUT2D eigenvalue weighted by Crippen LogP contribution is -2.23. The monoisotopic (exact) mass is 463 g/mol. The first-order chi connectivity index (χ1) is 16.6. The molecule has 3 aromatic carbocycles. The molecule has 0 saturated carbocycles. The Morgan fingerprint density at radius 3 is 2.62 bits per heavy atom. The Labute approximate surface area is 204 Å². The van der Waals surface area contributed by atoms with Crippen LogP contribution in [0.2, 0.25) is 0 Å². The smallest absolute Gasteiger partial charge is 0.237 e. The number of benzene rings is 3. The molecule has 1 aromatic heterocycles. The maximum atomic E-state index is 12.9. The van der Waals surface area contributed by atoms with Crippen LogP contribution >= 0.6 is 11.8 Å². The molecule has 2 unspecified atom stereocenters. The number of thioether (sulfide) groups is 1. The van der Waals surface area contributed by atoms with E-state index in [1.807, 2.05) is 61.5 Å². The van der Waals surface area contributed by atoms with Gasteiger partial charge < -0.3 is 5.32 Å². The molecule has 0 fully saturated rings. The van der Waals surface area contributed by atoms with Crippen LogP contribution in [0.4, 0.5) is 5.69 Å². The van der Waals surface area contributed by atoms with Gasteiger partial charge in [-0.2, -0.15) is 5.26 Å². The molecular weight excluding hydrogens is 438 g/mol. The van der Waals surface area contributed by atoms with Crippen molar-refractivity contribution < 1.29 is 4.79 Å². The molecule has 0 radical (unpaired) electrons. The van der Waals surface area contributed by atoms with Gasteiger partial charge in [0.25, 0.3) is 0 Å². The highest BCUT2D eigenvalue weighted by Gasteiger charge is 2.25. The summed E-state index contributed by atoms with van der Waals surface area (Å²) in [5, 5.41) is 15.3. The summed E-state index contributed by atoms with van der Waals surface area (Å²) in [6.07, 6.45) is 2.81. The van der Waals surface area contributed by atoms with Crippen molar-refractivity contribution in [3.8, 4) is 6.07 Å². The second-order valence-electron chi connectivity index (χ2n) is 8.72. The van der Waals surface area contributed by atoms with Crippen molar-refractivity contribution >= 4 is 34.1 Å². The van der Waals surface area contributed by atoms with Gasteiger partial charge in [0, 0.05) is 11.4 Å². The van der Waals surface area contributed by atoms with E-state index in [4.69, 9.17) is 4.98 Å². The number of fused-ring (bicyclic) bond motifs is 2. The summed E-state index contributed by atoms with van der Waals surface area (Å²) in [6, 6.07) is 28.8. The second-order valence-corrected chi connectivity index (χ2v) is 10.0. The molecule has 0 bridgehead atoms. The van der Waals surface area contributed by atoms with Gasteiger partial charge in [-0.3, -0.25) is 4.79 Å². The van der Waals surface area contributed by atoms with Crippen LogP contribution in [-0.2, 0) is 17.6 Å². The number of carbonyl (C=O) groups excluding carboxylic acids is 1. The molecule has 5 heteroatoms. The van der Waals surface area contributed by atoms with Crippen LogP contribution in [0.1, 0.15) is 41.6 Å². The summed E-state index contributed by atoms with van der Waals surface area (Å²) in [4.78, 5) is 17.7. The molecule has 1 heterocycles. The van der Waals surface area contributed by atoms with Crippen LogP contribution in [0.5, 0.6) is 0 Å². The van der Waals surface area contributed by atoms with Crippen LogP contribution in [0.15, 0.2) is 83.9 Å². The Hall–Kier alpha value is -3.62. The molecule has 1 aliphatic carbocycles. The Bertz CT molecular complexity index is 1390. The fourth-order valence-electron chi connectivity index (χ4n) is 4.56. The highest BCUT2D eigenvalue weighted by molar-refractivity contribution is 8.00. The second kappa shape index (κ2) is 9.70. The third kappa shape index (κ3) is 4.69. The summed E-state index contributed by atoms with van der Waals surface area (Å²) >= 11 is 1.35. The van der Waals surface area contributed by atoms with E-state index >= 15 is 0 Å². The standard InChI is InChI=1S/C29H25N3OS/c1-19(28(33)31-26-13-11-21-9-5-6-10-22(21)17-26)34-29-25(18-30)16-24-15-23(12-14-27(24)32-29)20-7-3-2-4-8-20/h2-11,13,16-17,19,23H,12,14-15H2,1H3,(H,31,33). The summed E-state index contributed by atoms with van der Waals surface area (Å²) < 4.78 is 0. The molecule has 4 nitrogen and oxygen atoms in total. The van der Waals surface area contributed by atoms with Crippen molar-refractivity contribution in [1.29, 1.82) is 5.26 Å².